The topological polar surface area (TPSA) is 94.0 Å². The van der Waals surface area contributed by atoms with Gasteiger partial charge in [-0.1, -0.05) is 30.3 Å². The Morgan fingerprint density at radius 2 is 1.50 bits per heavy atom. The second-order valence-electron chi connectivity index (χ2n) is 8.59. The number of aryl methyl sites for hydroxylation is 2. The lowest BCUT2D eigenvalue weighted by atomic mass is 10.1. The van der Waals surface area contributed by atoms with Gasteiger partial charge in [0.25, 0.3) is 0 Å². The third-order valence-corrected chi connectivity index (χ3v) is 6.01. The lowest BCUT2D eigenvalue weighted by Crippen LogP contribution is -2.19. The van der Waals surface area contributed by atoms with Crippen molar-refractivity contribution in [2.75, 3.05) is 10.6 Å². The Labute approximate surface area is 209 Å². The Balaban J connectivity index is 1.26. The van der Waals surface area contributed by atoms with Gasteiger partial charge in [0.2, 0.25) is 5.88 Å². The van der Waals surface area contributed by atoms with E-state index in [1.165, 1.54) is 0 Å². The smallest absolute Gasteiger partial charge is 0.323 e. The van der Waals surface area contributed by atoms with Crippen molar-refractivity contribution in [2.24, 2.45) is 0 Å². The van der Waals surface area contributed by atoms with Gasteiger partial charge in [0.1, 0.15) is 11.6 Å². The average Bonchev–Trinajstić information content (AvgIpc) is 3.12. The van der Waals surface area contributed by atoms with Crippen molar-refractivity contribution in [1.29, 1.82) is 0 Å². The molecule has 2 heterocycles. The maximum absolute atomic E-state index is 12.5. The highest BCUT2D eigenvalue weighted by Crippen LogP contribution is 2.25. The Bertz CT molecular complexity index is 1570. The van der Waals surface area contributed by atoms with Crippen molar-refractivity contribution < 1.29 is 9.53 Å². The minimum Gasteiger partial charge on any atom is -0.439 e. The van der Waals surface area contributed by atoms with Crippen molar-refractivity contribution in [1.82, 2.24) is 19.7 Å². The molecule has 5 rings (SSSR count). The molecule has 8 heteroatoms. The van der Waals surface area contributed by atoms with Gasteiger partial charge in [-0.2, -0.15) is 10.1 Å². The summed E-state index contributed by atoms with van der Waals surface area (Å²) >= 11 is 0. The molecule has 0 aliphatic heterocycles. The lowest BCUT2D eigenvalue weighted by molar-refractivity contribution is 0.262. The summed E-state index contributed by atoms with van der Waals surface area (Å²) in [5.41, 5.74) is 4.46. The minimum atomic E-state index is -0.324. The Morgan fingerprint density at radius 1 is 0.806 bits per heavy atom. The molecule has 5 aromatic rings. The highest BCUT2D eigenvalue weighted by molar-refractivity contribution is 6.01. The van der Waals surface area contributed by atoms with Crippen LogP contribution in [-0.2, 0) is 0 Å². The molecule has 0 fully saturated rings. The molecular weight excluding hydrogens is 452 g/mol. The van der Waals surface area contributed by atoms with Crippen LogP contribution in [0.3, 0.4) is 0 Å². The second kappa shape index (κ2) is 9.50. The van der Waals surface area contributed by atoms with Crippen LogP contribution in [0.5, 0.6) is 11.6 Å². The number of ether oxygens (including phenoxy) is 1. The van der Waals surface area contributed by atoms with Crippen LogP contribution in [0.15, 0.2) is 72.8 Å². The Hall–Kier alpha value is -4.72. The van der Waals surface area contributed by atoms with Crippen LogP contribution in [0.4, 0.5) is 16.2 Å². The van der Waals surface area contributed by atoms with E-state index in [2.05, 4.69) is 25.7 Å². The van der Waals surface area contributed by atoms with Gasteiger partial charge in [-0.3, -0.25) is 0 Å². The predicted molar refractivity (Wildman–Crippen MR) is 141 cm³/mol. The highest BCUT2D eigenvalue weighted by Gasteiger charge is 2.13. The first kappa shape index (κ1) is 23.0. The van der Waals surface area contributed by atoms with E-state index in [1.54, 1.807) is 35.0 Å². The van der Waals surface area contributed by atoms with Gasteiger partial charge in [0.05, 0.1) is 5.69 Å². The molecular formula is C28H26N6O2. The van der Waals surface area contributed by atoms with Crippen LogP contribution >= 0.6 is 0 Å². The first-order valence-corrected chi connectivity index (χ1v) is 11.6. The molecule has 0 saturated carbocycles. The summed E-state index contributed by atoms with van der Waals surface area (Å²) in [7, 11) is 0. The molecule has 0 bridgehead atoms. The van der Waals surface area contributed by atoms with Gasteiger partial charge in [0.15, 0.2) is 5.82 Å². The fraction of sp³-hybridized carbons (Fsp3) is 0.143. The van der Waals surface area contributed by atoms with E-state index in [9.17, 15) is 4.79 Å². The molecule has 0 radical (unpaired) electrons. The predicted octanol–water partition coefficient (Wildman–Crippen LogP) is 6.49. The average molecular weight is 479 g/mol. The van der Waals surface area contributed by atoms with Crippen LogP contribution in [0, 0.1) is 27.7 Å². The number of carbonyl (C=O) groups is 1. The molecule has 2 aromatic heterocycles. The van der Waals surface area contributed by atoms with Crippen molar-refractivity contribution in [3.8, 4) is 17.4 Å². The number of anilines is 2. The maximum Gasteiger partial charge on any atom is 0.323 e. The summed E-state index contributed by atoms with van der Waals surface area (Å²) < 4.78 is 7.77. The van der Waals surface area contributed by atoms with Crippen molar-refractivity contribution in [3.63, 3.8) is 0 Å². The number of hydrogen-bond donors (Lipinski definition) is 2. The number of rotatable bonds is 5. The summed E-state index contributed by atoms with van der Waals surface area (Å²) in [5.74, 6) is 2.23. The number of aromatic nitrogens is 4. The monoisotopic (exact) mass is 478 g/mol. The molecule has 0 aliphatic carbocycles. The molecule has 0 saturated heterocycles. The number of amides is 2. The van der Waals surface area contributed by atoms with E-state index in [-0.39, 0.29) is 6.03 Å². The first-order chi connectivity index (χ1) is 17.4. The van der Waals surface area contributed by atoms with E-state index in [1.807, 2.05) is 70.2 Å². The summed E-state index contributed by atoms with van der Waals surface area (Å²) in [6, 6.07) is 22.3. The third kappa shape index (κ3) is 4.88. The van der Waals surface area contributed by atoms with E-state index < -0.39 is 0 Å². The number of nitrogens with one attached hydrogen (secondary N) is 2. The zero-order chi connectivity index (χ0) is 25.2. The number of fused-ring (bicyclic) bond motifs is 1. The van der Waals surface area contributed by atoms with Crippen molar-refractivity contribution in [2.45, 2.75) is 27.7 Å². The molecule has 0 atom stereocenters. The normalized spacial score (nSPS) is 10.9. The lowest BCUT2D eigenvalue weighted by Gasteiger charge is -2.11. The van der Waals surface area contributed by atoms with Crippen LogP contribution < -0.4 is 15.4 Å². The van der Waals surface area contributed by atoms with Crippen LogP contribution in [0.1, 0.15) is 22.8 Å². The summed E-state index contributed by atoms with van der Waals surface area (Å²) in [5, 5.41) is 12.5. The van der Waals surface area contributed by atoms with E-state index in [0.29, 0.717) is 29.0 Å². The van der Waals surface area contributed by atoms with Crippen molar-refractivity contribution in [3.05, 3.63) is 95.6 Å². The number of benzene rings is 3. The third-order valence-electron chi connectivity index (χ3n) is 6.01. The van der Waals surface area contributed by atoms with Crippen LogP contribution in [-0.4, -0.2) is 25.8 Å². The van der Waals surface area contributed by atoms with Gasteiger partial charge in [0, 0.05) is 23.1 Å². The number of urea groups is 1. The fourth-order valence-corrected chi connectivity index (χ4v) is 3.92. The molecule has 2 amide bonds. The van der Waals surface area contributed by atoms with Crippen LogP contribution in [0.2, 0.25) is 0 Å². The molecule has 0 aliphatic rings. The molecule has 0 unspecified atom stereocenters. The summed E-state index contributed by atoms with van der Waals surface area (Å²) in [6.45, 7) is 7.84. The maximum atomic E-state index is 12.5. The Kier molecular flexibility index (Phi) is 6.08. The fourth-order valence-electron chi connectivity index (χ4n) is 3.92. The SMILES string of the molecule is Cc1nc(Oc2ccc(NC(=O)Nc3ccc4ccccc4c3)cc2)cc(-n2nc(C)c(C)c2C)n1. The Morgan fingerprint density at radius 3 is 2.22 bits per heavy atom. The van der Waals surface area contributed by atoms with E-state index in [0.717, 1.165) is 33.4 Å². The van der Waals surface area contributed by atoms with Gasteiger partial charge in [-0.05, 0) is 80.4 Å². The molecule has 36 heavy (non-hydrogen) atoms. The summed E-state index contributed by atoms with van der Waals surface area (Å²) in [6.07, 6.45) is 0. The second-order valence-corrected chi connectivity index (χ2v) is 8.59. The first-order valence-electron chi connectivity index (χ1n) is 11.6. The van der Waals surface area contributed by atoms with E-state index in [4.69, 9.17) is 4.74 Å². The molecule has 180 valence electrons. The summed E-state index contributed by atoms with van der Waals surface area (Å²) in [4.78, 5) is 21.4. The standard InChI is InChI=1S/C28H26N6O2/c1-17-18(2)33-34(19(17)3)26-16-27(30-20(4)29-26)36-25-13-11-23(12-14-25)31-28(35)32-24-10-9-21-7-5-6-8-22(21)15-24/h5-16H,1-4H3,(H2,31,32,35). The minimum absolute atomic E-state index is 0.324. The molecule has 2 N–H and O–H groups in total. The number of nitrogens with zero attached hydrogens (tertiary/aromatic N) is 4. The van der Waals surface area contributed by atoms with Crippen LogP contribution in [0.25, 0.3) is 16.6 Å². The van der Waals surface area contributed by atoms with Gasteiger partial charge < -0.3 is 15.4 Å². The molecule has 8 nitrogen and oxygen atoms in total. The molecule has 0 spiro atoms. The van der Waals surface area contributed by atoms with Gasteiger partial charge in [-0.15, -0.1) is 0 Å². The van der Waals surface area contributed by atoms with Crippen molar-refractivity contribution >= 4 is 28.2 Å². The highest BCUT2D eigenvalue weighted by atomic mass is 16.5. The zero-order valence-electron chi connectivity index (χ0n) is 20.5. The number of hydrogen-bond acceptors (Lipinski definition) is 5. The van der Waals surface area contributed by atoms with Gasteiger partial charge in [-0.25, -0.2) is 14.5 Å². The largest absolute Gasteiger partial charge is 0.439 e. The molecule has 3 aromatic carbocycles. The quantitative estimate of drug-likeness (QED) is 0.301. The zero-order valence-corrected chi connectivity index (χ0v) is 20.5. The van der Waals surface area contributed by atoms with Gasteiger partial charge >= 0.3 is 6.03 Å². The number of carbonyl (C=O) groups excluding carboxylic acids is 1. The van der Waals surface area contributed by atoms with E-state index >= 15 is 0 Å².